The smallest absolute Gasteiger partial charge is 0.407 e. The Balaban J connectivity index is 1.26. The molecule has 4 atom stereocenters. The van der Waals surface area contributed by atoms with E-state index in [1.54, 1.807) is 16.7 Å². The Labute approximate surface area is 209 Å². The molecule has 2 aliphatic heterocycles. The van der Waals surface area contributed by atoms with Gasteiger partial charge >= 0.3 is 12.1 Å². The molecule has 0 radical (unpaired) electrons. The van der Waals surface area contributed by atoms with Crippen molar-refractivity contribution in [2.45, 2.75) is 49.7 Å². The first-order valence-corrected chi connectivity index (χ1v) is 13.5. The van der Waals surface area contributed by atoms with Gasteiger partial charge in [-0.15, -0.1) is 0 Å². The SMILES string of the molecule is CSCC[C@@H](NC(=O)OCC1c2ccccc2-c2ccccc21)C(=O)N1C2CCC1C(C(=O)O)C2. The van der Waals surface area contributed by atoms with Crippen molar-refractivity contribution < 1.29 is 24.2 Å². The summed E-state index contributed by atoms with van der Waals surface area (Å²) < 4.78 is 5.67. The van der Waals surface area contributed by atoms with Crippen LogP contribution in [-0.4, -0.2) is 64.7 Å². The predicted octanol–water partition coefficient (Wildman–Crippen LogP) is 4.11. The molecular weight excluding hydrogens is 464 g/mol. The summed E-state index contributed by atoms with van der Waals surface area (Å²) in [5.41, 5.74) is 4.57. The van der Waals surface area contributed by atoms with Crippen LogP contribution in [-0.2, 0) is 14.3 Å². The van der Waals surface area contributed by atoms with Crippen molar-refractivity contribution in [1.82, 2.24) is 10.2 Å². The third-order valence-corrected chi connectivity index (χ3v) is 8.30. The molecule has 2 amide bonds. The number of ether oxygens (including phenoxy) is 1. The molecule has 0 spiro atoms. The number of benzene rings is 2. The molecule has 2 fully saturated rings. The Bertz CT molecular complexity index is 1090. The van der Waals surface area contributed by atoms with Gasteiger partial charge < -0.3 is 20.1 Å². The van der Waals surface area contributed by atoms with E-state index in [0.717, 1.165) is 28.7 Å². The Kier molecular flexibility index (Phi) is 6.73. The number of nitrogens with zero attached hydrogens (tertiary/aromatic N) is 1. The van der Waals surface area contributed by atoms with Crippen molar-refractivity contribution >= 4 is 29.7 Å². The average molecular weight is 495 g/mol. The second-order valence-corrected chi connectivity index (χ2v) is 10.5. The summed E-state index contributed by atoms with van der Waals surface area (Å²) in [6, 6.07) is 15.2. The van der Waals surface area contributed by atoms with E-state index in [1.807, 2.05) is 30.5 Å². The van der Waals surface area contributed by atoms with E-state index in [1.165, 1.54) is 0 Å². The lowest BCUT2D eigenvalue weighted by atomic mass is 9.89. The maximum atomic E-state index is 13.5. The number of nitrogens with one attached hydrogen (secondary N) is 1. The fraction of sp³-hybridized carbons (Fsp3) is 0.444. The maximum Gasteiger partial charge on any atom is 0.407 e. The Hall–Kier alpha value is -3.00. The number of carbonyl (C=O) groups is 3. The first-order valence-electron chi connectivity index (χ1n) is 12.1. The van der Waals surface area contributed by atoms with Gasteiger partial charge in [-0.05, 0) is 59.9 Å². The van der Waals surface area contributed by atoms with Crippen LogP contribution in [0.25, 0.3) is 11.1 Å². The number of thioether (sulfide) groups is 1. The lowest BCUT2D eigenvalue weighted by Gasteiger charge is -2.28. The highest BCUT2D eigenvalue weighted by molar-refractivity contribution is 7.98. The molecule has 2 N–H and O–H groups in total. The van der Waals surface area contributed by atoms with Crippen LogP contribution >= 0.6 is 11.8 Å². The highest BCUT2D eigenvalue weighted by Gasteiger charge is 2.52. The van der Waals surface area contributed by atoms with Gasteiger partial charge in [0.05, 0.1) is 5.92 Å². The minimum absolute atomic E-state index is 0.0562. The molecule has 3 aliphatic rings. The van der Waals surface area contributed by atoms with E-state index in [0.29, 0.717) is 25.0 Å². The first kappa shape index (κ1) is 23.7. The van der Waals surface area contributed by atoms with Gasteiger partial charge in [-0.1, -0.05) is 48.5 Å². The fourth-order valence-electron chi connectivity index (χ4n) is 6.05. The molecule has 0 saturated carbocycles. The first-order chi connectivity index (χ1) is 17.0. The molecule has 2 bridgehead atoms. The molecule has 0 aromatic heterocycles. The van der Waals surface area contributed by atoms with E-state index >= 15 is 0 Å². The number of alkyl carbamates (subject to hydrolysis) is 1. The van der Waals surface area contributed by atoms with E-state index in [-0.39, 0.29) is 30.5 Å². The molecule has 35 heavy (non-hydrogen) atoms. The van der Waals surface area contributed by atoms with Crippen molar-refractivity contribution in [2.75, 3.05) is 18.6 Å². The van der Waals surface area contributed by atoms with Crippen LogP contribution in [0.1, 0.15) is 42.7 Å². The van der Waals surface area contributed by atoms with E-state index in [2.05, 4.69) is 29.6 Å². The summed E-state index contributed by atoms with van der Waals surface area (Å²) in [6.07, 6.45) is 3.82. The molecule has 2 saturated heterocycles. The largest absolute Gasteiger partial charge is 0.481 e. The van der Waals surface area contributed by atoms with Crippen LogP contribution in [0.4, 0.5) is 4.79 Å². The number of aliphatic carboxylic acids is 1. The molecule has 2 aromatic carbocycles. The van der Waals surface area contributed by atoms with Gasteiger partial charge in [0.25, 0.3) is 0 Å². The molecule has 3 unspecified atom stereocenters. The van der Waals surface area contributed by atoms with Crippen LogP contribution in [0, 0.1) is 5.92 Å². The number of carboxylic acid groups (broad SMARTS) is 1. The normalized spacial score (nSPS) is 23.0. The molecule has 7 nitrogen and oxygen atoms in total. The minimum atomic E-state index is -0.847. The van der Waals surface area contributed by atoms with E-state index < -0.39 is 24.0 Å². The number of hydrogen-bond donors (Lipinski definition) is 2. The molecule has 2 heterocycles. The molecule has 5 rings (SSSR count). The second kappa shape index (κ2) is 9.93. The highest BCUT2D eigenvalue weighted by Crippen LogP contribution is 2.45. The van der Waals surface area contributed by atoms with Crippen LogP contribution < -0.4 is 5.32 Å². The van der Waals surface area contributed by atoms with Gasteiger partial charge in [-0.3, -0.25) is 9.59 Å². The van der Waals surface area contributed by atoms with Crippen LogP contribution in [0.15, 0.2) is 48.5 Å². The van der Waals surface area contributed by atoms with Crippen LogP contribution in [0.3, 0.4) is 0 Å². The predicted molar refractivity (Wildman–Crippen MR) is 134 cm³/mol. The Morgan fingerprint density at radius 1 is 1.09 bits per heavy atom. The number of amides is 2. The monoisotopic (exact) mass is 494 g/mol. The summed E-state index contributed by atoms with van der Waals surface area (Å²) >= 11 is 1.60. The van der Waals surface area contributed by atoms with Crippen molar-refractivity contribution in [1.29, 1.82) is 0 Å². The third kappa shape index (κ3) is 4.40. The summed E-state index contributed by atoms with van der Waals surface area (Å²) in [5, 5.41) is 12.3. The minimum Gasteiger partial charge on any atom is -0.481 e. The number of rotatable bonds is 8. The van der Waals surface area contributed by atoms with Gasteiger partial charge in [0, 0.05) is 18.0 Å². The van der Waals surface area contributed by atoms with Crippen LogP contribution in [0.2, 0.25) is 0 Å². The van der Waals surface area contributed by atoms with Gasteiger partial charge in [0.15, 0.2) is 0 Å². The van der Waals surface area contributed by atoms with Gasteiger partial charge in [0.2, 0.25) is 5.91 Å². The van der Waals surface area contributed by atoms with Gasteiger partial charge in [-0.2, -0.15) is 11.8 Å². The van der Waals surface area contributed by atoms with Crippen molar-refractivity contribution in [3.8, 4) is 11.1 Å². The fourth-order valence-corrected chi connectivity index (χ4v) is 6.52. The Morgan fingerprint density at radius 2 is 1.74 bits per heavy atom. The van der Waals surface area contributed by atoms with E-state index in [4.69, 9.17) is 4.74 Å². The number of carboxylic acids is 1. The van der Waals surface area contributed by atoms with Crippen molar-refractivity contribution in [3.63, 3.8) is 0 Å². The summed E-state index contributed by atoms with van der Waals surface area (Å²) in [4.78, 5) is 39.7. The lowest BCUT2D eigenvalue weighted by Crippen LogP contribution is -2.51. The number of fused-ring (bicyclic) bond motifs is 5. The second-order valence-electron chi connectivity index (χ2n) is 9.53. The summed E-state index contributed by atoms with van der Waals surface area (Å²) in [7, 11) is 0. The highest BCUT2D eigenvalue weighted by atomic mass is 32.2. The zero-order valence-electron chi connectivity index (χ0n) is 19.7. The molecule has 8 heteroatoms. The van der Waals surface area contributed by atoms with Gasteiger partial charge in [0.1, 0.15) is 12.6 Å². The van der Waals surface area contributed by atoms with Crippen molar-refractivity contribution in [2.24, 2.45) is 5.92 Å². The van der Waals surface area contributed by atoms with Gasteiger partial charge in [-0.25, -0.2) is 4.79 Å². The zero-order chi connectivity index (χ0) is 24.5. The number of carbonyl (C=O) groups excluding carboxylic acids is 2. The Morgan fingerprint density at radius 3 is 2.34 bits per heavy atom. The molecule has 184 valence electrons. The third-order valence-electron chi connectivity index (χ3n) is 7.65. The average Bonchev–Trinajstić information content (AvgIpc) is 3.54. The quantitative estimate of drug-likeness (QED) is 0.573. The zero-order valence-corrected chi connectivity index (χ0v) is 20.5. The standard InChI is InChI=1S/C27H30N2O5S/c1-35-13-12-23(25(30)29-16-10-11-24(29)21(14-16)26(31)32)28-27(33)34-15-22-19-8-4-2-6-17(19)18-7-3-5-9-20(18)22/h2-9,16,21-24H,10-15H2,1H3,(H,28,33)(H,31,32)/t16?,21?,23-,24?/m1/s1. The summed E-state index contributed by atoms with van der Waals surface area (Å²) in [6.45, 7) is 0.180. The maximum absolute atomic E-state index is 13.5. The van der Waals surface area contributed by atoms with Crippen LogP contribution in [0.5, 0.6) is 0 Å². The number of hydrogen-bond acceptors (Lipinski definition) is 5. The topological polar surface area (TPSA) is 95.9 Å². The molecular formula is C27H30N2O5S. The summed E-state index contributed by atoms with van der Waals surface area (Å²) in [5.74, 6) is -0.914. The molecule has 2 aromatic rings. The van der Waals surface area contributed by atoms with E-state index in [9.17, 15) is 19.5 Å². The lowest BCUT2D eigenvalue weighted by molar-refractivity contribution is -0.143. The van der Waals surface area contributed by atoms with Crippen molar-refractivity contribution in [3.05, 3.63) is 59.7 Å². The molecule has 1 aliphatic carbocycles.